The molecule has 0 radical (unpaired) electrons. The van der Waals surface area contributed by atoms with Gasteiger partial charge < -0.3 is 19.9 Å². The van der Waals surface area contributed by atoms with E-state index in [4.69, 9.17) is 9.52 Å². The third-order valence-corrected chi connectivity index (χ3v) is 2.27. The number of aliphatic hydroxyl groups is 1. The van der Waals surface area contributed by atoms with Gasteiger partial charge in [0.15, 0.2) is 11.8 Å². The highest BCUT2D eigenvalue weighted by Gasteiger charge is 2.26. The van der Waals surface area contributed by atoms with Crippen molar-refractivity contribution in [2.24, 2.45) is 0 Å². The molecule has 0 saturated carbocycles. The van der Waals surface area contributed by atoms with Crippen LogP contribution in [0.25, 0.3) is 0 Å². The summed E-state index contributed by atoms with van der Waals surface area (Å²) in [7, 11) is 0. The highest BCUT2D eigenvalue weighted by Crippen LogP contribution is 2.08. The van der Waals surface area contributed by atoms with Crippen LogP contribution in [0.15, 0.2) is 16.5 Å². The molecule has 6 nitrogen and oxygen atoms in total. The fourth-order valence-corrected chi connectivity index (χ4v) is 1.29. The zero-order chi connectivity index (χ0) is 13.0. The molecule has 2 atom stereocenters. The maximum Gasteiger partial charge on any atom is 0.328 e. The van der Waals surface area contributed by atoms with Gasteiger partial charge in [0, 0.05) is 6.42 Å². The van der Waals surface area contributed by atoms with Gasteiger partial charge in [0.05, 0.1) is 6.10 Å². The fourth-order valence-electron chi connectivity index (χ4n) is 1.29. The minimum absolute atomic E-state index is 0.0359. The van der Waals surface area contributed by atoms with E-state index in [1.165, 1.54) is 13.0 Å². The van der Waals surface area contributed by atoms with E-state index in [1.54, 1.807) is 6.07 Å². The Labute approximate surface area is 98.2 Å². The molecule has 0 aromatic carbocycles. The van der Waals surface area contributed by atoms with Crippen molar-refractivity contribution in [2.75, 3.05) is 0 Å². The molecule has 17 heavy (non-hydrogen) atoms. The van der Waals surface area contributed by atoms with Gasteiger partial charge in [-0.2, -0.15) is 0 Å². The summed E-state index contributed by atoms with van der Waals surface area (Å²) in [5, 5.41) is 20.2. The van der Waals surface area contributed by atoms with E-state index in [2.05, 4.69) is 5.32 Å². The molecule has 1 aromatic heterocycles. The third-order valence-electron chi connectivity index (χ3n) is 2.27. The van der Waals surface area contributed by atoms with E-state index < -0.39 is 24.0 Å². The van der Waals surface area contributed by atoms with E-state index in [1.807, 2.05) is 6.92 Å². The zero-order valence-electron chi connectivity index (χ0n) is 9.64. The molecule has 0 fully saturated rings. The first-order chi connectivity index (χ1) is 7.95. The predicted molar refractivity (Wildman–Crippen MR) is 58.7 cm³/mol. The predicted octanol–water partition coefficient (Wildman–Crippen LogP) is 0.406. The smallest absolute Gasteiger partial charge is 0.328 e. The van der Waals surface area contributed by atoms with Crippen LogP contribution in [0.4, 0.5) is 0 Å². The Morgan fingerprint density at radius 2 is 2.12 bits per heavy atom. The van der Waals surface area contributed by atoms with Gasteiger partial charge in [-0.3, -0.25) is 4.79 Å². The number of hydrogen-bond donors (Lipinski definition) is 3. The lowest BCUT2D eigenvalue weighted by molar-refractivity contribution is -0.141. The SMILES string of the molecule is CCc1ccc(C(=O)N[C@H](C(=O)O)[C@@H](C)O)o1. The average Bonchev–Trinajstić information content (AvgIpc) is 2.73. The van der Waals surface area contributed by atoms with Crippen LogP contribution in [0.2, 0.25) is 0 Å². The van der Waals surface area contributed by atoms with Gasteiger partial charge in [-0.15, -0.1) is 0 Å². The number of carboxylic acid groups (broad SMARTS) is 1. The topological polar surface area (TPSA) is 99.8 Å². The number of nitrogens with one attached hydrogen (secondary N) is 1. The number of carbonyl (C=O) groups excluding carboxylic acids is 1. The van der Waals surface area contributed by atoms with Crippen molar-refractivity contribution in [1.29, 1.82) is 0 Å². The minimum Gasteiger partial charge on any atom is -0.480 e. The van der Waals surface area contributed by atoms with Crippen LogP contribution in [0.5, 0.6) is 0 Å². The summed E-state index contributed by atoms with van der Waals surface area (Å²) in [5.41, 5.74) is 0. The van der Waals surface area contributed by atoms with Gasteiger partial charge in [-0.25, -0.2) is 4.79 Å². The Balaban J connectivity index is 2.73. The first kappa shape index (κ1) is 13.2. The normalized spacial score (nSPS) is 14.1. The molecule has 0 saturated heterocycles. The maximum absolute atomic E-state index is 11.6. The standard InChI is InChI=1S/C11H15NO5/c1-3-7-4-5-8(17-7)10(14)12-9(6(2)13)11(15)16/h4-6,9,13H,3H2,1-2H3,(H,12,14)(H,15,16)/t6-,9+/m1/s1. The number of aliphatic carboxylic acids is 1. The van der Waals surface area contributed by atoms with Gasteiger partial charge in [0.25, 0.3) is 5.91 Å². The van der Waals surface area contributed by atoms with E-state index >= 15 is 0 Å². The van der Waals surface area contributed by atoms with Gasteiger partial charge in [-0.05, 0) is 19.1 Å². The Hall–Kier alpha value is -1.82. The molecule has 0 bridgehead atoms. The van der Waals surface area contributed by atoms with E-state index in [0.717, 1.165) is 0 Å². The highest BCUT2D eigenvalue weighted by molar-refractivity contribution is 5.94. The van der Waals surface area contributed by atoms with Crippen molar-refractivity contribution in [1.82, 2.24) is 5.32 Å². The van der Waals surface area contributed by atoms with Crippen LogP contribution in [0, 0.1) is 0 Å². The van der Waals surface area contributed by atoms with Crippen molar-refractivity contribution in [3.8, 4) is 0 Å². The summed E-state index contributed by atoms with van der Waals surface area (Å²) in [5.74, 6) is -1.28. The van der Waals surface area contributed by atoms with Crippen molar-refractivity contribution < 1.29 is 24.2 Å². The van der Waals surface area contributed by atoms with Crippen LogP contribution < -0.4 is 5.32 Å². The van der Waals surface area contributed by atoms with Crippen LogP contribution in [0.1, 0.15) is 30.2 Å². The monoisotopic (exact) mass is 241 g/mol. The molecule has 0 aliphatic rings. The number of rotatable bonds is 5. The molecular weight excluding hydrogens is 226 g/mol. The Bertz CT molecular complexity index is 410. The number of amides is 1. The number of carboxylic acids is 1. The van der Waals surface area contributed by atoms with Gasteiger partial charge >= 0.3 is 5.97 Å². The quantitative estimate of drug-likeness (QED) is 0.693. The first-order valence-corrected chi connectivity index (χ1v) is 5.26. The van der Waals surface area contributed by atoms with Crippen LogP contribution in [0.3, 0.4) is 0 Å². The van der Waals surface area contributed by atoms with Crippen molar-refractivity contribution in [2.45, 2.75) is 32.4 Å². The second-order valence-electron chi connectivity index (χ2n) is 3.65. The van der Waals surface area contributed by atoms with Crippen molar-refractivity contribution in [3.63, 3.8) is 0 Å². The summed E-state index contributed by atoms with van der Waals surface area (Å²) >= 11 is 0. The number of aryl methyl sites for hydroxylation is 1. The van der Waals surface area contributed by atoms with Crippen molar-refractivity contribution in [3.05, 3.63) is 23.7 Å². The van der Waals surface area contributed by atoms with Crippen LogP contribution >= 0.6 is 0 Å². The molecular formula is C11H15NO5. The van der Waals surface area contributed by atoms with Crippen LogP contribution in [-0.4, -0.2) is 34.2 Å². The van der Waals surface area contributed by atoms with Crippen molar-refractivity contribution >= 4 is 11.9 Å². The lowest BCUT2D eigenvalue weighted by Gasteiger charge is -2.15. The second-order valence-corrected chi connectivity index (χ2v) is 3.65. The molecule has 0 aliphatic heterocycles. The highest BCUT2D eigenvalue weighted by atomic mass is 16.4. The number of aliphatic hydroxyl groups excluding tert-OH is 1. The molecule has 0 spiro atoms. The summed E-state index contributed by atoms with van der Waals surface area (Å²) in [6.45, 7) is 3.16. The van der Waals surface area contributed by atoms with Crippen LogP contribution in [-0.2, 0) is 11.2 Å². The third kappa shape index (κ3) is 3.32. The summed E-state index contributed by atoms with van der Waals surface area (Å²) in [4.78, 5) is 22.4. The number of furan rings is 1. The summed E-state index contributed by atoms with van der Waals surface area (Å²) in [6, 6.07) is 1.76. The zero-order valence-corrected chi connectivity index (χ0v) is 9.64. The fraction of sp³-hybridized carbons (Fsp3) is 0.455. The van der Waals surface area contributed by atoms with Gasteiger partial charge in [-0.1, -0.05) is 6.92 Å². The Kier molecular flexibility index (Phi) is 4.28. The Morgan fingerprint density at radius 3 is 2.53 bits per heavy atom. The molecule has 94 valence electrons. The molecule has 1 amide bonds. The van der Waals surface area contributed by atoms with E-state index in [0.29, 0.717) is 12.2 Å². The number of hydrogen-bond acceptors (Lipinski definition) is 4. The maximum atomic E-state index is 11.6. The second kappa shape index (κ2) is 5.49. The largest absolute Gasteiger partial charge is 0.480 e. The molecule has 6 heteroatoms. The molecule has 0 aliphatic carbocycles. The Morgan fingerprint density at radius 1 is 1.47 bits per heavy atom. The molecule has 1 rings (SSSR count). The lowest BCUT2D eigenvalue weighted by atomic mass is 10.2. The molecule has 1 heterocycles. The minimum atomic E-state index is -1.35. The average molecular weight is 241 g/mol. The number of carbonyl (C=O) groups is 2. The molecule has 3 N–H and O–H groups in total. The van der Waals surface area contributed by atoms with Gasteiger partial charge in [0.2, 0.25) is 0 Å². The van der Waals surface area contributed by atoms with Gasteiger partial charge in [0.1, 0.15) is 5.76 Å². The summed E-state index contributed by atoms with van der Waals surface area (Å²) < 4.78 is 5.17. The lowest BCUT2D eigenvalue weighted by Crippen LogP contribution is -2.47. The first-order valence-electron chi connectivity index (χ1n) is 5.26. The molecule has 1 aromatic rings. The van der Waals surface area contributed by atoms with E-state index in [9.17, 15) is 14.7 Å². The van der Waals surface area contributed by atoms with E-state index in [-0.39, 0.29) is 5.76 Å². The summed E-state index contributed by atoms with van der Waals surface area (Å²) in [6.07, 6.45) is -0.538. The molecule has 0 unspecified atom stereocenters.